The molecule has 0 unspecified atom stereocenters. The average molecular weight is 364 g/mol. The minimum Gasteiger partial charge on any atom is -0.406 e. The number of rotatable bonds is 3. The van der Waals surface area contributed by atoms with Gasteiger partial charge in [0.1, 0.15) is 5.75 Å². The van der Waals surface area contributed by atoms with Crippen LogP contribution in [-0.2, 0) is 4.74 Å². The molecule has 0 bridgehead atoms. The highest BCUT2D eigenvalue weighted by Crippen LogP contribution is 2.30. The smallest absolute Gasteiger partial charge is 0.406 e. The van der Waals surface area contributed by atoms with Gasteiger partial charge in [-0.1, -0.05) is 12.1 Å². The van der Waals surface area contributed by atoms with E-state index in [1.54, 1.807) is 24.7 Å². The first kappa shape index (κ1) is 16.6. The highest BCUT2D eigenvalue weighted by atomic mass is 19.4. The van der Waals surface area contributed by atoms with Gasteiger partial charge in [0.2, 0.25) is 0 Å². The molecule has 1 fully saturated rings. The summed E-state index contributed by atoms with van der Waals surface area (Å²) >= 11 is 0. The summed E-state index contributed by atoms with van der Waals surface area (Å²) in [5.41, 5.74) is 1.82. The van der Waals surface area contributed by atoms with Gasteiger partial charge in [-0.15, -0.1) is 13.2 Å². The van der Waals surface area contributed by atoms with Gasteiger partial charge in [-0.05, 0) is 12.1 Å². The molecule has 1 saturated heterocycles. The Morgan fingerprint density at radius 3 is 2.69 bits per heavy atom. The second-order valence-corrected chi connectivity index (χ2v) is 5.76. The number of imidazole rings is 1. The quantitative estimate of drug-likeness (QED) is 0.715. The Hall–Kier alpha value is -2.81. The van der Waals surface area contributed by atoms with Gasteiger partial charge < -0.3 is 14.4 Å². The van der Waals surface area contributed by atoms with E-state index in [0.29, 0.717) is 43.2 Å². The van der Waals surface area contributed by atoms with Gasteiger partial charge in [0.05, 0.1) is 25.1 Å². The summed E-state index contributed by atoms with van der Waals surface area (Å²) in [5, 5.41) is 0. The molecule has 3 heterocycles. The molecule has 1 aliphatic heterocycles. The van der Waals surface area contributed by atoms with Crippen molar-refractivity contribution in [3.8, 4) is 17.0 Å². The fourth-order valence-electron chi connectivity index (χ4n) is 2.97. The van der Waals surface area contributed by atoms with Crippen molar-refractivity contribution in [2.75, 3.05) is 31.2 Å². The van der Waals surface area contributed by atoms with Gasteiger partial charge in [0, 0.05) is 31.0 Å². The lowest BCUT2D eigenvalue weighted by Crippen LogP contribution is -2.37. The Bertz CT molecular complexity index is 920. The topological polar surface area (TPSA) is 51.9 Å². The first-order valence-corrected chi connectivity index (χ1v) is 8.02. The number of hydrogen-bond acceptors (Lipinski definition) is 5. The van der Waals surface area contributed by atoms with Crippen LogP contribution in [0.15, 0.2) is 42.9 Å². The minimum absolute atomic E-state index is 0.277. The van der Waals surface area contributed by atoms with E-state index < -0.39 is 6.36 Å². The summed E-state index contributed by atoms with van der Waals surface area (Å²) < 4.78 is 48.6. The SMILES string of the molecule is FC(F)(F)Oc1cccc(-c2cnc(N3CCOCC3)c3nccn23)c1. The molecule has 1 aromatic carbocycles. The fraction of sp³-hybridized carbons (Fsp3) is 0.294. The molecule has 0 atom stereocenters. The maximum absolute atomic E-state index is 12.5. The number of alkyl halides is 3. The van der Waals surface area contributed by atoms with Gasteiger partial charge in [-0.25, -0.2) is 9.97 Å². The molecule has 2 aromatic heterocycles. The van der Waals surface area contributed by atoms with E-state index in [1.165, 1.54) is 18.2 Å². The number of ether oxygens (including phenoxy) is 2. The van der Waals surface area contributed by atoms with Crippen molar-refractivity contribution in [1.29, 1.82) is 0 Å². The van der Waals surface area contributed by atoms with Crippen LogP contribution in [0.4, 0.5) is 19.0 Å². The number of hydrogen-bond donors (Lipinski definition) is 0. The molecule has 0 radical (unpaired) electrons. The van der Waals surface area contributed by atoms with E-state index in [4.69, 9.17) is 4.74 Å². The molecule has 4 rings (SSSR count). The Morgan fingerprint density at radius 1 is 1.12 bits per heavy atom. The minimum atomic E-state index is -4.73. The maximum atomic E-state index is 12.5. The molecule has 0 amide bonds. The normalized spacial score (nSPS) is 15.4. The monoisotopic (exact) mass is 364 g/mol. The van der Waals surface area contributed by atoms with E-state index in [2.05, 4.69) is 19.6 Å². The Kier molecular flexibility index (Phi) is 4.15. The first-order valence-electron chi connectivity index (χ1n) is 8.02. The van der Waals surface area contributed by atoms with Crippen LogP contribution in [0.25, 0.3) is 16.9 Å². The van der Waals surface area contributed by atoms with E-state index >= 15 is 0 Å². The number of aromatic nitrogens is 3. The zero-order valence-corrected chi connectivity index (χ0v) is 13.6. The number of benzene rings is 1. The van der Waals surface area contributed by atoms with Gasteiger partial charge in [0.15, 0.2) is 11.5 Å². The zero-order valence-electron chi connectivity index (χ0n) is 13.6. The van der Waals surface area contributed by atoms with Gasteiger partial charge >= 0.3 is 6.36 Å². The standard InChI is InChI=1S/C17H15F3N4O2/c18-17(19,20)26-13-3-1-2-12(10-13)14-11-22-15(16-21-4-5-24(14)16)23-6-8-25-9-7-23/h1-5,10-11H,6-9H2. The van der Waals surface area contributed by atoms with Gasteiger partial charge in [-0.2, -0.15) is 0 Å². The molecule has 6 nitrogen and oxygen atoms in total. The average Bonchev–Trinajstić information content (AvgIpc) is 3.10. The van der Waals surface area contributed by atoms with Crippen LogP contribution in [0, 0.1) is 0 Å². The Morgan fingerprint density at radius 2 is 1.92 bits per heavy atom. The lowest BCUT2D eigenvalue weighted by atomic mass is 10.1. The zero-order chi connectivity index (χ0) is 18.1. The second kappa shape index (κ2) is 6.49. The number of morpholine rings is 1. The molecule has 26 heavy (non-hydrogen) atoms. The number of halogens is 3. The molecular formula is C17H15F3N4O2. The van der Waals surface area contributed by atoms with Crippen LogP contribution in [0.3, 0.4) is 0 Å². The molecule has 3 aromatic rings. The highest BCUT2D eigenvalue weighted by molar-refractivity contribution is 5.71. The summed E-state index contributed by atoms with van der Waals surface area (Å²) in [7, 11) is 0. The van der Waals surface area contributed by atoms with Crippen LogP contribution < -0.4 is 9.64 Å². The third-order valence-corrected chi connectivity index (χ3v) is 4.08. The third kappa shape index (κ3) is 3.30. The molecule has 0 spiro atoms. The van der Waals surface area contributed by atoms with E-state index in [9.17, 15) is 13.2 Å². The largest absolute Gasteiger partial charge is 0.573 e. The second-order valence-electron chi connectivity index (χ2n) is 5.76. The lowest BCUT2D eigenvalue weighted by Gasteiger charge is -2.28. The van der Waals surface area contributed by atoms with Crippen LogP contribution in [-0.4, -0.2) is 47.0 Å². The van der Waals surface area contributed by atoms with Crippen LogP contribution in [0.5, 0.6) is 5.75 Å². The summed E-state index contributed by atoms with van der Waals surface area (Å²) in [6, 6.07) is 5.80. The number of anilines is 1. The van der Waals surface area contributed by atoms with E-state index in [1.807, 2.05) is 4.40 Å². The van der Waals surface area contributed by atoms with E-state index in [-0.39, 0.29) is 5.75 Å². The third-order valence-electron chi connectivity index (χ3n) is 4.08. The molecule has 9 heteroatoms. The fourth-order valence-corrected chi connectivity index (χ4v) is 2.97. The van der Waals surface area contributed by atoms with Crippen molar-refractivity contribution in [2.24, 2.45) is 0 Å². The highest BCUT2D eigenvalue weighted by Gasteiger charge is 2.31. The van der Waals surface area contributed by atoms with Crippen LogP contribution in [0.2, 0.25) is 0 Å². The first-order chi connectivity index (χ1) is 12.5. The number of nitrogens with zero attached hydrogens (tertiary/aromatic N) is 4. The number of fused-ring (bicyclic) bond motifs is 1. The molecule has 0 saturated carbocycles. The van der Waals surface area contributed by atoms with Crippen LogP contribution >= 0.6 is 0 Å². The van der Waals surface area contributed by atoms with Crippen molar-refractivity contribution in [3.63, 3.8) is 0 Å². The maximum Gasteiger partial charge on any atom is 0.573 e. The molecule has 136 valence electrons. The van der Waals surface area contributed by atoms with Crippen LogP contribution in [0.1, 0.15) is 0 Å². The summed E-state index contributed by atoms with van der Waals surface area (Å²) in [6.45, 7) is 2.66. The Labute approximate surface area is 146 Å². The molecule has 0 aliphatic carbocycles. The molecule has 0 N–H and O–H groups in total. The lowest BCUT2D eigenvalue weighted by molar-refractivity contribution is -0.274. The molecular weight excluding hydrogens is 349 g/mol. The van der Waals surface area contributed by atoms with E-state index in [0.717, 1.165) is 5.82 Å². The van der Waals surface area contributed by atoms with Crippen molar-refractivity contribution >= 4 is 11.5 Å². The van der Waals surface area contributed by atoms with Crippen molar-refractivity contribution in [2.45, 2.75) is 6.36 Å². The summed E-state index contributed by atoms with van der Waals surface area (Å²) in [6.07, 6.45) is 0.293. The van der Waals surface area contributed by atoms with Crippen molar-refractivity contribution < 1.29 is 22.6 Å². The van der Waals surface area contributed by atoms with Gasteiger partial charge in [-0.3, -0.25) is 4.40 Å². The predicted octanol–water partition coefficient (Wildman–Crippen LogP) is 3.13. The van der Waals surface area contributed by atoms with Gasteiger partial charge in [0.25, 0.3) is 0 Å². The van der Waals surface area contributed by atoms with Crippen molar-refractivity contribution in [3.05, 3.63) is 42.9 Å². The Balaban J connectivity index is 1.74. The molecule has 1 aliphatic rings. The summed E-state index contributed by atoms with van der Waals surface area (Å²) in [4.78, 5) is 11.0. The summed E-state index contributed by atoms with van der Waals surface area (Å²) in [5.74, 6) is 0.449. The van der Waals surface area contributed by atoms with Crippen molar-refractivity contribution in [1.82, 2.24) is 14.4 Å². The predicted molar refractivity (Wildman–Crippen MR) is 88.1 cm³/mol.